The predicted octanol–water partition coefficient (Wildman–Crippen LogP) is 1.10. The zero-order valence-electron chi connectivity index (χ0n) is 7.25. The molecule has 3 heteroatoms. The molecular formula is C10H11N3. The molecule has 66 valence electrons. The molecule has 0 amide bonds. The summed E-state index contributed by atoms with van der Waals surface area (Å²) < 4.78 is 0. The van der Waals surface area contributed by atoms with Gasteiger partial charge in [0.05, 0.1) is 11.2 Å². The summed E-state index contributed by atoms with van der Waals surface area (Å²) in [7, 11) is 0. The highest BCUT2D eigenvalue weighted by atomic mass is 15.4. The summed E-state index contributed by atoms with van der Waals surface area (Å²) in [6, 6.07) is 8.29. The maximum Gasteiger partial charge on any atom is 0.0955 e. The maximum absolute atomic E-state index is 4.41. The second-order valence-corrected chi connectivity index (χ2v) is 3.55. The maximum atomic E-state index is 4.41. The van der Waals surface area contributed by atoms with Gasteiger partial charge in [0, 0.05) is 18.3 Å². The van der Waals surface area contributed by atoms with Crippen molar-refractivity contribution < 1.29 is 0 Å². The SMILES string of the molecule is C1=Nc2ccccc2C12CCNN2. The molecular weight excluding hydrogens is 162 g/mol. The predicted molar refractivity (Wildman–Crippen MR) is 52.0 cm³/mol. The summed E-state index contributed by atoms with van der Waals surface area (Å²) in [5.74, 6) is 0. The summed E-state index contributed by atoms with van der Waals surface area (Å²) >= 11 is 0. The topological polar surface area (TPSA) is 36.4 Å². The lowest BCUT2D eigenvalue weighted by Crippen LogP contribution is -2.40. The van der Waals surface area contributed by atoms with Crippen molar-refractivity contribution in [3.8, 4) is 0 Å². The summed E-state index contributed by atoms with van der Waals surface area (Å²) in [5.41, 5.74) is 8.80. The Morgan fingerprint density at radius 3 is 3.08 bits per heavy atom. The Kier molecular flexibility index (Phi) is 1.34. The molecule has 0 saturated carbocycles. The van der Waals surface area contributed by atoms with Gasteiger partial charge in [-0.3, -0.25) is 10.4 Å². The van der Waals surface area contributed by atoms with Gasteiger partial charge in [0.25, 0.3) is 0 Å². The number of hydrazine groups is 1. The Labute approximate surface area is 76.8 Å². The van der Waals surface area contributed by atoms with Crippen LogP contribution in [-0.2, 0) is 5.54 Å². The van der Waals surface area contributed by atoms with Crippen LogP contribution in [0, 0.1) is 0 Å². The van der Waals surface area contributed by atoms with Crippen LogP contribution in [-0.4, -0.2) is 12.8 Å². The van der Waals surface area contributed by atoms with Gasteiger partial charge in [-0.25, -0.2) is 5.43 Å². The van der Waals surface area contributed by atoms with Crippen LogP contribution in [0.1, 0.15) is 12.0 Å². The first-order chi connectivity index (χ1) is 6.41. The van der Waals surface area contributed by atoms with Gasteiger partial charge in [-0.05, 0) is 12.5 Å². The van der Waals surface area contributed by atoms with E-state index in [1.54, 1.807) is 0 Å². The monoisotopic (exact) mass is 173 g/mol. The molecule has 3 nitrogen and oxygen atoms in total. The molecule has 0 radical (unpaired) electrons. The van der Waals surface area contributed by atoms with Gasteiger partial charge in [-0.1, -0.05) is 18.2 Å². The van der Waals surface area contributed by atoms with E-state index in [0.717, 1.165) is 18.7 Å². The van der Waals surface area contributed by atoms with Crippen LogP contribution in [0.5, 0.6) is 0 Å². The minimum absolute atomic E-state index is 0.0312. The Balaban J connectivity index is 2.16. The molecule has 0 bridgehead atoms. The molecule has 1 fully saturated rings. The van der Waals surface area contributed by atoms with Crippen molar-refractivity contribution in [1.29, 1.82) is 0 Å². The highest BCUT2D eigenvalue weighted by Gasteiger charge is 2.38. The molecule has 0 aromatic heterocycles. The lowest BCUT2D eigenvalue weighted by atomic mass is 9.91. The smallest absolute Gasteiger partial charge is 0.0955 e. The van der Waals surface area contributed by atoms with Crippen LogP contribution in [0.4, 0.5) is 5.69 Å². The van der Waals surface area contributed by atoms with Crippen LogP contribution in [0.3, 0.4) is 0 Å². The van der Waals surface area contributed by atoms with Gasteiger partial charge in [0.15, 0.2) is 0 Å². The summed E-state index contributed by atoms with van der Waals surface area (Å²) in [5, 5.41) is 0. The second-order valence-electron chi connectivity index (χ2n) is 3.55. The number of rotatable bonds is 0. The normalized spacial score (nSPS) is 29.8. The number of benzene rings is 1. The number of hydrogen-bond donors (Lipinski definition) is 2. The van der Waals surface area contributed by atoms with E-state index in [0.29, 0.717) is 0 Å². The van der Waals surface area contributed by atoms with E-state index in [9.17, 15) is 0 Å². The van der Waals surface area contributed by atoms with E-state index in [1.807, 2.05) is 12.3 Å². The zero-order chi connectivity index (χ0) is 8.73. The first-order valence-corrected chi connectivity index (χ1v) is 4.55. The molecule has 2 aliphatic rings. The summed E-state index contributed by atoms with van der Waals surface area (Å²) in [4.78, 5) is 4.41. The van der Waals surface area contributed by atoms with Gasteiger partial charge in [-0.15, -0.1) is 0 Å². The molecule has 1 spiro atoms. The Hall–Kier alpha value is -1.19. The third-order valence-corrected chi connectivity index (χ3v) is 2.76. The molecule has 1 aromatic rings. The minimum Gasteiger partial charge on any atom is -0.258 e. The first-order valence-electron chi connectivity index (χ1n) is 4.55. The molecule has 1 saturated heterocycles. The number of nitrogens with zero attached hydrogens (tertiary/aromatic N) is 1. The Morgan fingerprint density at radius 2 is 2.23 bits per heavy atom. The van der Waals surface area contributed by atoms with Crippen LogP contribution in [0.2, 0.25) is 0 Å². The van der Waals surface area contributed by atoms with Crippen molar-refractivity contribution in [1.82, 2.24) is 10.9 Å². The van der Waals surface area contributed by atoms with Gasteiger partial charge in [0.1, 0.15) is 0 Å². The van der Waals surface area contributed by atoms with Gasteiger partial charge in [-0.2, -0.15) is 0 Å². The number of fused-ring (bicyclic) bond motifs is 2. The fraction of sp³-hybridized carbons (Fsp3) is 0.300. The molecule has 0 aliphatic carbocycles. The molecule has 2 heterocycles. The van der Waals surface area contributed by atoms with Crippen LogP contribution in [0.25, 0.3) is 0 Å². The average molecular weight is 173 g/mol. The first kappa shape index (κ1) is 7.24. The fourth-order valence-corrected chi connectivity index (χ4v) is 2.05. The average Bonchev–Trinajstić information content (AvgIpc) is 2.78. The minimum atomic E-state index is -0.0312. The highest BCUT2D eigenvalue weighted by molar-refractivity contribution is 5.84. The van der Waals surface area contributed by atoms with E-state index in [1.165, 1.54) is 5.56 Å². The highest BCUT2D eigenvalue weighted by Crippen LogP contribution is 2.37. The summed E-state index contributed by atoms with van der Waals surface area (Å²) in [6.07, 6.45) is 3.09. The van der Waals surface area contributed by atoms with Crippen LogP contribution < -0.4 is 10.9 Å². The Bertz CT molecular complexity index is 364. The number of nitrogens with one attached hydrogen (secondary N) is 2. The lowest BCUT2D eigenvalue weighted by molar-refractivity contribution is 0.510. The molecule has 1 aromatic carbocycles. The van der Waals surface area contributed by atoms with Gasteiger partial charge in [0.2, 0.25) is 0 Å². The standard InChI is InChI=1S/C10H11N3/c1-2-4-9-8(3-1)10(7-11-9)5-6-12-13-10/h1-4,7,12-13H,5-6H2. The molecule has 2 aliphatic heterocycles. The van der Waals surface area contributed by atoms with Gasteiger partial charge >= 0.3 is 0 Å². The molecule has 13 heavy (non-hydrogen) atoms. The third kappa shape index (κ3) is 0.884. The Morgan fingerprint density at radius 1 is 1.31 bits per heavy atom. The zero-order valence-corrected chi connectivity index (χ0v) is 7.25. The number of para-hydroxylation sites is 1. The van der Waals surface area contributed by atoms with Crippen LogP contribution >= 0.6 is 0 Å². The number of hydrogen-bond acceptors (Lipinski definition) is 3. The van der Waals surface area contributed by atoms with Gasteiger partial charge < -0.3 is 0 Å². The summed E-state index contributed by atoms with van der Waals surface area (Å²) in [6.45, 7) is 1.00. The third-order valence-electron chi connectivity index (χ3n) is 2.76. The van der Waals surface area contributed by atoms with E-state index >= 15 is 0 Å². The molecule has 1 unspecified atom stereocenters. The number of aliphatic imine (C=N–C) groups is 1. The molecule has 1 atom stereocenters. The van der Waals surface area contributed by atoms with Crippen molar-refractivity contribution in [2.45, 2.75) is 12.0 Å². The lowest BCUT2D eigenvalue weighted by Gasteiger charge is -2.20. The largest absolute Gasteiger partial charge is 0.258 e. The van der Waals surface area contributed by atoms with Crippen molar-refractivity contribution in [2.24, 2.45) is 4.99 Å². The van der Waals surface area contributed by atoms with Crippen LogP contribution in [0.15, 0.2) is 29.3 Å². The van der Waals surface area contributed by atoms with E-state index < -0.39 is 0 Å². The molecule has 3 rings (SSSR count). The van der Waals surface area contributed by atoms with Crippen molar-refractivity contribution in [3.05, 3.63) is 29.8 Å². The second kappa shape index (κ2) is 2.40. The van der Waals surface area contributed by atoms with Crippen molar-refractivity contribution >= 4 is 11.9 Å². The molecule has 2 N–H and O–H groups in total. The van der Waals surface area contributed by atoms with E-state index in [2.05, 4.69) is 34.0 Å². The fourth-order valence-electron chi connectivity index (χ4n) is 2.05. The van der Waals surface area contributed by atoms with E-state index in [-0.39, 0.29) is 5.54 Å². The van der Waals surface area contributed by atoms with Crippen molar-refractivity contribution in [3.63, 3.8) is 0 Å². The quantitative estimate of drug-likeness (QED) is 0.616. The van der Waals surface area contributed by atoms with E-state index in [4.69, 9.17) is 0 Å². The van der Waals surface area contributed by atoms with Crippen molar-refractivity contribution in [2.75, 3.05) is 6.54 Å².